The normalized spacial score (nSPS) is 15.0. The predicted molar refractivity (Wildman–Crippen MR) is 104 cm³/mol. The molecule has 4 atom stereocenters. The van der Waals surface area contributed by atoms with Crippen LogP contribution in [0.2, 0.25) is 0 Å². The van der Waals surface area contributed by atoms with Crippen LogP contribution in [0.5, 0.6) is 0 Å². The highest BCUT2D eigenvalue weighted by molar-refractivity contribution is 5.92. The molecule has 11 nitrogen and oxygen atoms in total. The van der Waals surface area contributed by atoms with Crippen LogP contribution in [0.1, 0.15) is 47.0 Å². The van der Waals surface area contributed by atoms with Crippen LogP contribution in [0.3, 0.4) is 0 Å². The molecule has 0 saturated carbocycles. The van der Waals surface area contributed by atoms with Crippen LogP contribution < -0.4 is 21.7 Å². The molecule has 0 aliphatic carbocycles. The van der Waals surface area contributed by atoms with Crippen molar-refractivity contribution in [1.29, 1.82) is 0 Å². The van der Waals surface area contributed by atoms with Gasteiger partial charge in [-0.05, 0) is 18.3 Å². The number of nitrogens with two attached hydrogens (primary N) is 1. The van der Waals surface area contributed by atoms with E-state index in [1.54, 1.807) is 20.8 Å². The fourth-order valence-corrected chi connectivity index (χ4v) is 2.35. The second-order valence-corrected chi connectivity index (χ2v) is 7.25. The average molecular weight is 416 g/mol. The number of carboxylic acids is 2. The fourth-order valence-electron chi connectivity index (χ4n) is 2.35. The molecule has 0 aliphatic rings. The van der Waals surface area contributed by atoms with Gasteiger partial charge in [-0.15, -0.1) is 0 Å². The van der Waals surface area contributed by atoms with Crippen LogP contribution in [0, 0.1) is 11.8 Å². The van der Waals surface area contributed by atoms with Crippen molar-refractivity contribution in [2.75, 3.05) is 6.54 Å². The zero-order valence-electron chi connectivity index (χ0n) is 17.2. The molecular formula is C18H32N4O7. The highest BCUT2D eigenvalue weighted by atomic mass is 16.4. The Hall–Kier alpha value is -2.69. The molecule has 0 aromatic heterocycles. The number of rotatable bonds is 13. The summed E-state index contributed by atoms with van der Waals surface area (Å²) in [5.74, 6) is -4.95. The van der Waals surface area contributed by atoms with Gasteiger partial charge in [-0.3, -0.25) is 19.2 Å². The second-order valence-electron chi connectivity index (χ2n) is 7.25. The zero-order chi connectivity index (χ0) is 22.7. The van der Waals surface area contributed by atoms with E-state index in [1.165, 1.54) is 0 Å². The first-order valence-electron chi connectivity index (χ1n) is 9.48. The van der Waals surface area contributed by atoms with E-state index in [2.05, 4.69) is 16.0 Å². The van der Waals surface area contributed by atoms with Crippen LogP contribution >= 0.6 is 0 Å². The molecule has 0 rings (SSSR count). The van der Waals surface area contributed by atoms with Crippen molar-refractivity contribution in [1.82, 2.24) is 16.0 Å². The minimum Gasteiger partial charge on any atom is -0.481 e. The maximum Gasteiger partial charge on any atom is 0.326 e. The molecule has 0 aliphatic heterocycles. The standard InChI is InChI=1S/C18H32N4O7/c1-5-10(4)14(19)17(27)21-11(6-7-13(24)25)16(26)20-8-12(23)22-15(9(2)3)18(28)29/h9-11,14-15H,5-8,19H2,1-4H3,(H,20,26)(H,21,27)(H,22,23)(H,24,25)(H,28,29). The molecule has 0 aromatic carbocycles. The molecule has 0 bridgehead atoms. The summed E-state index contributed by atoms with van der Waals surface area (Å²) in [6.07, 6.45) is 0.0738. The molecule has 166 valence electrons. The number of nitrogens with one attached hydrogen (secondary N) is 3. The molecule has 0 saturated heterocycles. The summed E-state index contributed by atoms with van der Waals surface area (Å²) in [7, 11) is 0. The molecule has 4 unspecified atom stereocenters. The minimum atomic E-state index is -1.20. The Kier molecular flexibility index (Phi) is 11.5. The lowest BCUT2D eigenvalue weighted by atomic mass is 9.98. The summed E-state index contributed by atoms with van der Waals surface area (Å²) in [5, 5.41) is 24.9. The highest BCUT2D eigenvalue weighted by Gasteiger charge is 2.28. The summed E-state index contributed by atoms with van der Waals surface area (Å²) in [6.45, 7) is 6.35. The minimum absolute atomic E-state index is 0.145. The van der Waals surface area contributed by atoms with Crippen LogP contribution in [-0.2, 0) is 24.0 Å². The van der Waals surface area contributed by atoms with E-state index in [4.69, 9.17) is 15.9 Å². The van der Waals surface area contributed by atoms with E-state index in [-0.39, 0.29) is 24.7 Å². The Balaban J connectivity index is 4.95. The van der Waals surface area contributed by atoms with Crippen molar-refractivity contribution in [3.63, 3.8) is 0 Å². The molecule has 29 heavy (non-hydrogen) atoms. The third-order valence-corrected chi connectivity index (χ3v) is 4.51. The number of carbonyl (C=O) groups is 5. The average Bonchev–Trinajstić information content (AvgIpc) is 2.64. The van der Waals surface area contributed by atoms with E-state index in [1.807, 2.05) is 6.92 Å². The first-order chi connectivity index (χ1) is 13.4. The van der Waals surface area contributed by atoms with E-state index in [0.29, 0.717) is 6.42 Å². The van der Waals surface area contributed by atoms with Crippen molar-refractivity contribution in [2.45, 2.75) is 65.1 Å². The maximum absolute atomic E-state index is 12.4. The summed E-state index contributed by atoms with van der Waals surface area (Å²) in [4.78, 5) is 58.5. The molecule has 0 radical (unpaired) electrons. The lowest BCUT2D eigenvalue weighted by Crippen LogP contribution is -2.54. The second kappa shape index (κ2) is 12.7. The number of hydrogen-bond donors (Lipinski definition) is 6. The quantitative estimate of drug-likeness (QED) is 0.221. The molecule has 0 fully saturated rings. The van der Waals surface area contributed by atoms with Gasteiger partial charge in [0.2, 0.25) is 17.7 Å². The number of hydrogen-bond acceptors (Lipinski definition) is 6. The van der Waals surface area contributed by atoms with Crippen LogP contribution in [0.4, 0.5) is 0 Å². The van der Waals surface area contributed by atoms with Gasteiger partial charge in [-0.2, -0.15) is 0 Å². The molecule has 0 heterocycles. The van der Waals surface area contributed by atoms with Gasteiger partial charge in [0, 0.05) is 6.42 Å². The smallest absolute Gasteiger partial charge is 0.326 e. The number of amides is 3. The lowest BCUT2D eigenvalue weighted by Gasteiger charge is -2.23. The third kappa shape index (κ3) is 9.88. The fraction of sp³-hybridized carbons (Fsp3) is 0.722. The first-order valence-corrected chi connectivity index (χ1v) is 9.48. The highest BCUT2D eigenvalue weighted by Crippen LogP contribution is 2.07. The third-order valence-electron chi connectivity index (χ3n) is 4.51. The topological polar surface area (TPSA) is 188 Å². The molecule has 0 aromatic rings. The van der Waals surface area contributed by atoms with Gasteiger partial charge in [-0.25, -0.2) is 4.79 Å². The zero-order valence-corrected chi connectivity index (χ0v) is 17.2. The molecule has 7 N–H and O–H groups in total. The number of carboxylic acid groups (broad SMARTS) is 2. The maximum atomic E-state index is 12.4. The monoisotopic (exact) mass is 416 g/mol. The summed E-state index contributed by atoms with van der Waals surface area (Å²) in [6, 6.07) is -3.18. The Morgan fingerprint density at radius 1 is 0.966 bits per heavy atom. The lowest BCUT2D eigenvalue weighted by molar-refractivity contribution is -0.143. The Morgan fingerprint density at radius 3 is 2.00 bits per heavy atom. The van der Waals surface area contributed by atoms with Crippen LogP contribution in [0.25, 0.3) is 0 Å². The predicted octanol–water partition coefficient (Wildman–Crippen LogP) is -0.949. The summed E-state index contributed by atoms with van der Waals surface area (Å²) < 4.78 is 0. The summed E-state index contributed by atoms with van der Waals surface area (Å²) >= 11 is 0. The van der Waals surface area contributed by atoms with Crippen molar-refractivity contribution in [3.05, 3.63) is 0 Å². The van der Waals surface area contributed by atoms with Gasteiger partial charge in [0.1, 0.15) is 12.1 Å². The van der Waals surface area contributed by atoms with Crippen molar-refractivity contribution >= 4 is 29.7 Å². The summed E-state index contributed by atoms with van der Waals surface area (Å²) in [5.41, 5.74) is 5.83. The first kappa shape index (κ1) is 26.3. The largest absolute Gasteiger partial charge is 0.481 e. The van der Waals surface area contributed by atoms with Crippen molar-refractivity contribution < 1.29 is 34.2 Å². The number of aliphatic carboxylic acids is 2. The van der Waals surface area contributed by atoms with Gasteiger partial charge in [0.15, 0.2) is 0 Å². The van der Waals surface area contributed by atoms with E-state index in [9.17, 15) is 24.0 Å². The Morgan fingerprint density at radius 2 is 1.55 bits per heavy atom. The Bertz CT molecular complexity index is 609. The van der Waals surface area contributed by atoms with Gasteiger partial charge in [0.25, 0.3) is 0 Å². The Labute approximate surface area is 169 Å². The van der Waals surface area contributed by atoms with Crippen LogP contribution in [0.15, 0.2) is 0 Å². The van der Waals surface area contributed by atoms with Gasteiger partial charge >= 0.3 is 11.9 Å². The molecule has 3 amide bonds. The van der Waals surface area contributed by atoms with Crippen LogP contribution in [-0.4, -0.2) is 64.5 Å². The molecule has 0 spiro atoms. The van der Waals surface area contributed by atoms with E-state index < -0.39 is 54.3 Å². The SMILES string of the molecule is CCC(C)C(N)C(=O)NC(CCC(=O)O)C(=O)NCC(=O)NC(C(=O)O)C(C)C. The van der Waals surface area contributed by atoms with E-state index in [0.717, 1.165) is 0 Å². The van der Waals surface area contributed by atoms with Gasteiger partial charge in [0.05, 0.1) is 12.6 Å². The molecule has 11 heteroatoms. The van der Waals surface area contributed by atoms with Gasteiger partial charge < -0.3 is 31.9 Å². The van der Waals surface area contributed by atoms with Crippen molar-refractivity contribution in [3.8, 4) is 0 Å². The van der Waals surface area contributed by atoms with Crippen molar-refractivity contribution in [2.24, 2.45) is 17.6 Å². The number of carbonyl (C=O) groups excluding carboxylic acids is 3. The van der Waals surface area contributed by atoms with Gasteiger partial charge in [-0.1, -0.05) is 34.1 Å². The van der Waals surface area contributed by atoms with E-state index >= 15 is 0 Å². The molecular weight excluding hydrogens is 384 g/mol.